The Morgan fingerprint density at radius 3 is 2.50 bits per heavy atom. The number of hydrogen-bond acceptors (Lipinski definition) is 5. The monoisotopic (exact) mass is 179 g/mol. The van der Waals surface area contributed by atoms with Gasteiger partial charge < -0.3 is 0 Å². The molecule has 9 heteroatoms. The molecule has 0 aliphatic heterocycles. The minimum Gasteiger partial charge on any atom is 1.00 e. The molecule has 0 aliphatic rings. The van der Waals surface area contributed by atoms with Crippen molar-refractivity contribution in [1.82, 2.24) is 0 Å². The van der Waals surface area contributed by atoms with Gasteiger partial charge in [-0.15, -0.1) is 0 Å². The Kier molecular flexibility index (Phi) is 10.7. The molecule has 0 heterocycles. The second-order valence-corrected chi connectivity index (χ2v) is 1.24. The summed E-state index contributed by atoms with van der Waals surface area (Å²) < 4.78 is 9.82. The van der Waals surface area contributed by atoms with Gasteiger partial charge in [0.05, 0.1) is 0 Å². The number of hydrogen-bond donors (Lipinski definition) is 1. The van der Waals surface area contributed by atoms with E-state index in [-0.39, 0.29) is 42.9 Å². The Hall–Kier alpha value is -0.140. The maximum absolute atomic E-state index is 9.95. The summed E-state index contributed by atoms with van der Waals surface area (Å²) in [4.78, 5) is 27.2. The molecule has 1 N–H and O–H groups in total. The molecule has 0 aromatic rings. The van der Waals surface area contributed by atoms with Gasteiger partial charge in [0.2, 0.25) is 0 Å². The molecule has 0 amide bonds. The van der Waals surface area contributed by atoms with Crippen LogP contribution in [0.25, 0.3) is 0 Å². The fourth-order valence-corrected chi connectivity index (χ4v) is 0.208. The van der Waals surface area contributed by atoms with E-state index < -0.39 is 12.0 Å². The number of carbonyl (C=O) groups excluding carboxylic acids is 1. The molecular formula is C3H2B2NaO6. The molecule has 0 aromatic heterocycles. The molecule has 0 aliphatic carbocycles. The first-order chi connectivity index (χ1) is 5.22. The smallest absolute Gasteiger partial charge is 1.00 e. The van der Waals surface area contributed by atoms with Crippen molar-refractivity contribution >= 4 is 26.8 Å². The zero-order chi connectivity index (χ0) is 8.69. The Labute approximate surface area is 91.3 Å². The summed E-state index contributed by atoms with van der Waals surface area (Å²) in [5.74, 6) is -1.57. The van der Waals surface area contributed by atoms with Crippen molar-refractivity contribution in [2.45, 2.75) is 0 Å². The third kappa shape index (κ3) is 6.56. The van der Waals surface area contributed by atoms with E-state index in [0.29, 0.717) is 7.48 Å². The molecule has 0 saturated carbocycles. The van der Waals surface area contributed by atoms with Crippen LogP contribution >= 0.6 is 0 Å². The van der Waals surface area contributed by atoms with E-state index in [9.17, 15) is 14.3 Å². The third-order valence-electron chi connectivity index (χ3n) is 0.567. The number of rotatable bonds is 6. The van der Waals surface area contributed by atoms with Crippen molar-refractivity contribution in [2.24, 2.45) is 0 Å². The van der Waals surface area contributed by atoms with Gasteiger partial charge in [0, 0.05) is 0 Å². The first kappa shape index (κ1) is 14.4. The zero-order valence-corrected chi connectivity index (χ0v) is 8.22. The van der Waals surface area contributed by atoms with E-state index in [2.05, 4.69) is 9.69 Å². The standard InChI is InChI=1S/C3H2B2O6.Na/c6-1-4-11-10-2(5-9)3(7)8;/h1H,(H,7,8);/q-1;+1. The Bertz CT molecular complexity index is 163. The Morgan fingerprint density at radius 2 is 2.17 bits per heavy atom. The maximum atomic E-state index is 9.95. The van der Waals surface area contributed by atoms with E-state index in [4.69, 9.17) is 5.11 Å². The number of aliphatic carboxylic acids is 1. The van der Waals surface area contributed by atoms with Crippen molar-refractivity contribution in [3.63, 3.8) is 0 Å². The summed E-state index contributed by atoms with van der Waals surface area (Å²) in [7, 11) is 0.493. The van der Waals surface area contributed by atoms with Gasteiger partial charge in [0.15, 0.2) is 0 Å². The van der Waals surface area contributed by atoms with Gasteiger partial charge in [-0.1, -0.05) is 0 Å². The molecule has 0 spiro atoms. The van der Waals surface area contributed by atoms with Gasteiger partial charge in [-0.2, -0.15) is 0 Å². The van der Waals surface area contributed by atoms with Crippen molar-refractivity contribution < 1.29 is 58.7 Å². The van der Waals surface area contributed by atoms with Crippen LogP contribution in [0.5, 0.6) is 0 Å². The van der Waals surface area contributed by atoms with E-state index in [1.54, 1.807) is 0 Å². The molecular weight excluding hydrogens is 177 g/mol. The van der Waals surface area contributed by atoms with Gasteiger partial charge in [-0.25, -0.2) is 0 Å². The molecule has 12 heavy (non-hydrogen) atoms. The fourth-order valence-electron chi connectivity index (χ4n) is 0.208. The largest absolute Gasteiger partial charge is 1.00 e. The van der Waals surface area contributed by atoms with Gasteiger partial charge >= 0.3 is 91.4 Å². The number of carbonyl (C=O) groups is 2. The molecule has 0 saturated heterocycles. The fraction of sp³-hybridized carbons (Fsp3) is 0. The predicted molar refractivity (Wildman–Crippen MR) is 32.0 cm³/mol. The normalized spacial score (nSPS) is 7.33. The van der Waals surface area contributed by atoms with Crippen LogP contribution in [-0.2, 0) is 24.0 Å². The molecule has 1 radical (unpaired) electrons. The summed E-state index contributed by atoms with van der Waals surface area (Å²) in [6.07, 6.45) is 0.226. The van der Waals surface area contributed by atoms with Gasteiger partial charge in [0.25, 0.3) is 0 Å². The minimum absolute atomic E-state index is 0. The molecule has 0 fully saturated rings. The molecule has 0 atom stereocenters. The maximum Gasteiger partial charge on any atom is 1.00 e. The Balaban J connectivity index is 0. The summed E-state index contributed by atoms with van der Waals surface area (Å²) in [6.45, 7) is 0. The first-order valence-corrected chi connectivity index (χ1v) is 2.38. The van der Waals surface area contributed by atoms with Crippen LogP contribution in [0.15, 0.2) is 0 Å². The second-order valence-electron chi connectivity index (χ2n) is 1.24. The van der Waals surface area contributed by atoms with Gasteiger partial charge in [-0.05, 0) is 0 Å². The van der Waals surface area contributed by atoms with Crippen LogP contribution in [0.3, 0.4) is 0 Å². The zero-order valence-electron chi connectivity index (χ0n) is 6.22. The van der Waals surface area contributed by atoms with Gasteiger partial charge in [-0.3, -0.25) is 0 Å². The van der Waals surface area contributed by atoms with Crippen LogP contribution in [0.4, 0.5) is 0 Å². The van der Waals surface area contributed by atoms with Gasteiger partial charge in [0.1, 0.15) is 0 Å². The van der Waals surface area contributed by atoms with Crippen LogP contribution in [0.2, 0.25) is 0 Å². The molecule has 0 rings (SSSR count). The van der Waals surface area contributed by atoms with Crippen LogP contribution in [0.1, 0.15) is 0 Å². The molecule has 0 aromatic carbocycles. The van der Waals surface area contributed by atoms with Crippen molar-refractivity contribution in [3.8, 4) is 0 Å². The predicted octanol–water partition coefficient (Wildman–Crippen LogP) is -4.63. The van der Waals surface area contributed by atoms with Crippen molar-refractivity contribution in [3.05, 3.63) is 6.00 Å². The number of carboxylic acids is 1. The first-order valence-electron chi connectivity index (χ1n) is 2.38. The third-order valence-corrected chi connectivity index (χ3v) is 0.567. The van der Waals surface area contributed by atoms with Crippen LogP contribution in [-0.4, -0.2) is 31.9 Å². The Morgan fingerprint density at radius 1 is 1.58 bits per heavy atom. The van der Waals surface area contributed by atoms with Crippen LogP contribution < -0.4 is 29.6 Å². The molecule has 6 nitrogen and oxygen atoms in total. The average Bonchev–Trinajstić information content (AvgIpc) is 1.97. The molecule has 0 bridgehead atoms. The van der Waals surface area contributed by atoms with E-state index >= 15 is 0 Å². The average molecular weight is 179 g/mol. The van der Waals surface area contributed by atoms with Crippen molar-refractivity contribution in [2.75, 3.05) is 0 Å². The topological polar surface area (TPSA) is 89.9 Å². The van der Waals surface area contributed by atoms with Crippen LogP contribution in [0, 0.1) is 6.00 Å². The molecule has 57 valence electrons. The summed E-state index contributed by atoms with van der Waals surface area (Å²) in [5.41, 5.74) is 0. The minimum atomic E-state index is -1.57. The summed E-state index contributed by atoms with van der Waals surface area (Å²) in [6, 6.07) is -0.928. The number of carboxylic acid groups (broad SMARTS) is 1. The van der Waals surface area contributed by atoms with E-state index in [1.807, 2.05) is 0 Å². The molecule has 0 unspecified atom stereocenters. The van der Waals surface area contributed by atoms with Crippen molar-refractivity contribution in [1.29, 1.82) is 0 Å². The quantitative estimate of drug-likeness (QED) is 0.110. The van der Waals surface area contributed by atoms with E-state index in [0.717, 1.165) is 0 Å². The SMILES string of the molecule is O=B[C-](OO[B]C=O)C(=O)O.[Na+]. The summed E-state index contributed by atoms with van der Waals surface area (Å²) >= 11 is 0. The summed E-state index contributed by atoms with van der Waals surface area (Å²) in [5, 5.41) is 8.10. The second kappa shape index (κ2) is 8.95. The van der Waals surface area contributed by atoms with E-state index in [1.165, 1.54) is 0 Å².